The van der Waals surface area contributed by atoms with Crippen LogP contribution in [-0.2, 0) is 4.74 Å². The third-order valence-electron chi connectivity index (χ3n) is 3.15. The molecule has 2 aliphatic heterocycles. The van der Waals surface area contributed by atoms with Crippen molar-refractivity contribution in [2.45, 2.75) is 25.2 Å². The second-order valence-corrected chi connectivity index (χ2v) is 5.24. The Morgan fingerprint density at radius 2 is 2.12 bits per heavy atom. The molecule has 4 heteroatoms. The fourth-order valence-corrected chi connectivity index (χ4v) is 3.03. The zero-order chi connectivity index (χ0) is 11.8. The van der Waals surface area contributed by atoms with Crippen LogP contribution in [0, 0.1) is 0 Å². The molecule has 3 atom stereocenters. The average Bonchev–Trinajstić information content (AvgIpc) is 2.72. The van der Waals surface area contributed by atoms with Crippen LogP contribution < -0.4 is 4.74 Å². The lowest BCUT2D eigenvalue weighted by Crippen LogP contribution is -2.41. The fraction of sp³-hybridized carbons (Fsp3) is 0.462. The van der Waals surface area contributed by atoms with Crippen LogP contribution in [0.15, 0.2) is 29.3 Å². The summed E-state index contributed by atoms with van der Waals surface area (Å²) in [4.78, 5) is 4.59. The molecule has 0 spiro atoms. The highest BCUT2D eigenvalue weighted by molar-refractivity contribution is 7.98. The second-order valence-electron chi connectivity index (χ2n) is 4.32. The van der Waals surface area contributed by atoms with E-state index >= 15 is 0 Å². The Balaban J connectivity index is 2.00. The number of hydrogen-bond acceptors (Lipinski definition) is 4. The minimum atomic E-state index is 0.0392. The summed E-state index contributed by atoms with van der Waals surface area (Å²) in [5.41, 5.74) is 1.15. The number of rotatable bonds is 2. The summed E-state index contributed by atoms with van der Waals surface area (Å²) in [6, 6.07) is 8.23. The van der Waals surface area contributed by atoms with Crippen LogP contribution in [0.1, 0.15) is 18.5 Å². The molecule has 1 aromatic carbocycles. The lowest BCUT2D eigenvalue weighted by Gasteiger charge is -2.33. The van der Waals surface area contributed by atoms with Gasteiger partial charge in [-0.15, -0.1) is 0 Å². The standard InChI is InChI=1S/C13H15NO2S/c1-8-14-12-9-5-3-4-6-10(9)16-11(7-17-2)13(12)15-8/h3-6,11-13H,7H2,1-2H3. The van der Waals surface area contributed by atoms with Crippen molar-refractivity contribution in [3.05, 3.63) is 29.8 Å². The van der Waals surface area contributed by atoms with E-state index in [1.54, 1.807) is 11.8 Å². The van der Waals surface area contributed by atoms with Gasteiger partial charge in [0.2, 0.25) is 0 Å². The van der Waals surface area contributed by atoms with Gasteiger partial charge in [0.05, 0.1) is 0 Å². The molecule has 0 radical (unpaired) electrons. The summed E-state index contributed by atoms with van der Waals surface area (Å²) >= 11 is 1.78. The van der Waals surface area contributed by atoms with Crippen molar-refractivity contribution in [2.24, 2.45) is 4.99 Å². The molecule has 3 rings (SSSR count). The molecule has 2 aliphatic rings. The average molecular weight is 249 g/mol. The number of nitrogens with zero attached hydrogens (tertiary/aromatic N) is 1. The SMILES string of the molecule is CSCC1Oc2ccccc2C2N=C(C)OC12. The summed E-state index contributed by atoms with van der Waals surface area (Å²) in [7, 11) is 0. The van der Waals surface area contributed by atoms with E-state index < -0.39 is 0 Å². The number of thioether (sulfide) groups is 1. The molecule has 0 saturated carbocycles. The van der Waals surface area contributed by atoms with Gasteiger partial charge >= 0.3 is 0 Å². The Morgan fingerprint density at radius 3 is 2.94 bits per heavy atom. The third-order valence-corrected chi connectivity index (χ3v) is 3.81. The molecule has 0 N–H and O–H groups in total. The number of hydrogen-bond donors (Lipinski definition) is 0. The molecule has 90 valence electrons. The summed E-state index contributed by atoms with van der Waals surface area (Å²) in [6.45, 7) is 1.91. The highest BCUT2D eigenvalue weighted by Crippen LogP contribution is 2.42. The van der Waals surface area contributed by atoms with E-state index in [2.05, 4.69) is 17.3 Å². The molecular weight excluding hydrogens is 234 g/mol. The van der Waals surface area contributed by atoms with Gasteiger partial charge in [0.25, 0.3) is 0 Å². The van der Waals surface area contributed by atoms with Gasteiger partial charge in [0, 0.05) is 18.2 Å². The van der Waals surface area contributed by atoms with E-state index in [9.17, 15) is 0 Å². The number of fused-ring (bicyclic) bond motifs is 3. The zero-order valence-electron chi connectivity index (χ0n) is 9.92. The quantitative estimate of drug-likeness (QED) is 0.807. The van der Waals surface area contributed by atoms with Gasteiger partial charge < -0.3 is 9.47 Å². The van der Waals surface area contributed by atoms with E-state index in [0.29, 0.717) is 0 Å². The van der Waals surface area contributed by atoms with Crippen LogP contribution in [0.25, 0.3) is 0 Å². The lowest BCUT2D eigenvalue weighted by molar-refractivity contribution is 0.0428. The molecule has 17 heavy (non-hydrogen) atoms. The lowest BCUT2D eigenvalue weighted by atomic mass is 9.95. The van der Waals surface area contributed by atoms with Gasteiger partial charge in [-0.2, -0.15) is 11.8 Å². The van der Waals surface area contributed by atoms with Crippen LogP contribution >= 0.6 is 11.8 Å². The monoisotopic (exact) mass is 249 g/mol. The Bertz CT molecular complexity index is 460. The highest BCUT2D eigenvalue weighted by atomic mass is 32.2. The number of benzene rings is 1. The Hall–Kier alpha value is -1.16. The third kappa shape index (κ3) is 1.80. The first-order valence-electron chi connectivity index (χ1n) is 5.75. The van der Waals surface area contributed by atoms with Gasteiger partial charge in [0.1, 0.15) is 17.9 Å². The summed E-state index contributed by atoms with van der Waals surface area (Å²) in [5.74, 6) is 2.65. The predicted octanol–water partition coefficient (Wildman–Crippen LogP) is 2.67. The normalized spacial score (nSPS) is 29.8. The van der Waals surface area contributed by atoms with Crippen LogP contribution in [0.5, 0.6) is 5.75 Å². The van der Waals surface area contributed by atoms with Crippen molar-refractivity contribution in [3.63, 3.8) is 0 Å². The predicted molar refractivity (Wildman–Crippen MR) is 70.0 cm³/mol. The van der Waals surface area contributed by atoms with Crippen LogP contribution in [0.2, 0.25) is 0 Å². The molecule has 0 aromatic heterocycles. The Labute approximate surface area is 105 Å². The number of para-hydroxylation sites is 1. The maximum absolute atomic E-state index is 6.02. The van der Waals surface area contributed by atoms with Gasteiger partial charge in [-0.25, -0.2) is 4.99 Å². The fourth-order valence-electron chi connectivity index (χ4n) is 2.44. The van der Waals surface area contributed by atoms with Crippen molar-refractivity contribution < 1.29 is 9.47 Å². The smallest absolute Gasteiger partial charge is 0.181 e. The molecule has 0 aliphatic carbocycles. The molecule has 1 aromatic rings. The van der Waals surface area contributed by atoms with Crippen LogP contribution in [-0.4, -0.2) is 30.1 Å². The first-order valence-corrected chi connectivity index (χ1v) is 7.14. The van der Waals surface area contributed by atoms with Gasteiger partial charge in [-0.05, 0) is 12.3 Å². The summed E-state index contributed by atoms with van der Waals surface area (Å²) < 4.78 is 11.8. The van der Waals surface area contributed by atoms with Crippen molar-refractivity contribution in [2.75, 3.05) is 12.0 Å². The van der Waals surface area contributed by atoms with Crippen molar-refractivity contribution in [3.8, 4) is 5.75 Å². The number of ether oxygens (including phenoxy) is 2. The van der Waals surface area contributed by atoms with Gasteiger partial charge in [-0.3, -0.25) is 0 Å². The highest BCUT2D eigenvalue weighted by Gasteiger charge is 2.43. The molecular formula is C13H15NO2S. The molecule has 0 amide bonds. The van der Waals surface area contributed by atoms with E-state index in [1.165, 1.54) is 0 Å². The van der Waals surface area contributed by atoms with E-state index in [1.807, 2.05) is 25.1 Å². The van der Waals surface area contributed by atoms with Gasteiger partial charge in [-0.1, -0.05) is 18.2 Å². The molecule has 3 nitrogen and oxygen atoms in total. The summed E-state index contributed by atoms with van der Waals surface area (Å²) in [6.07, 6.45) is 2.21. The largest absolute Gasteiger partial charge is 0.485 e. The minimum Gasteiger partial charge on any atom is -0.485 e. The first kappa shape index (κ1) is 11.0. The van der Waals surface area contributed by atoms with E-state index in [0.717, 1.165) is 23.0 Å². The Morgan fingerprint density at radius 1 is 1.29 bits per heavy atom. The Kier molecular flexibility index (Phi) is 2.74. The zero-order valence-corrected chi connectivity index (χ0v) is 10.7. The number of aliphatic imine (C=N–C) groups is 1. The molecule has 0 fully saturated rings. The second kappa shape index (κ2) is 4.26. The van der Waals surface area contributed by atoms with E-state index in [4.69, 9.17) is 9.47 Å². The van der Waals surface area contributed by atoms with Crippen LogP contribution in [0.3, 0.4) is 0 Å². The molecule has 3 unspecified atom stereocenters. The minimum absolute atomic E-state index is 0.0392. The van der Waals surface area contributed by atoms with Crippen molar-refractivity contribution >= 4 is 17.7 Å². The maximum atomic E-state index is 6.02. The first-order chi connectivity index (χ1) is 8.29. The van der Waals surface area contributed by atoms with Crippen LogP contribution in [0.4, 0.5) is 0 Å². The van der Waals surface area contributed by atoms with Crippen molar-refractivity contribution in [1.82, 2.24) is 0 Å². The van der Waals surface area contributed by atoms with Gasteiger partial charge in [0.15, 0.2) is 12.0 Å². The maximum Gasteiger partial charge on any atom is 0.181 e. The van der Waals surface area contributed by atoms with Crippen molar-refractivity contribution in [1.29, 1.82) is 0 Å². The molecule has 2 heterocycles. The molecule has 0 bridgehead atoms. The topological polar surface area (TPSA) is 30.8 Å². The van der Waals surface area contributed by atoms with E-state index in [-0.39, 0.29) is 18.2 Å². The molecule has 0 saturated heterocycles. The summed E-state index contributed by atoms with van der Waals surface area (Å²) in [5, 5.41) is 0.